The first-order chi connectivity index (χ1) is 16.7. The summed E-state index contributed by atoms with van der Waals surface area (Å²) in [6, 6.07) is 18.1. The number of hydrogen-bond donors (Lipinski definition) is 1. The third-order valence-electron chi connectivity index (χ3n) is 6.64. The van der Waals surface area contributed by atoms with E-state index in [0.29, 0.717) is 6.42 Å². The van der Waals surface area contributed by atoms with Crippen molar-refractivity contribution < 1.29 is 19.4 Å². The predicted molar refractivity (Wildman–Crippen MR) is 144 cm³/mol. The largest absolute Gasteiger partial charge is 0.478 e. The Morgan fingerprint density at radius 3 is 2.34 bits per heavy atom. The van der Waals surface area contributed by atoms with Crippen molar-refractivity contribution in [1.29, 1.82) is 0 Å². The molecule has 1 aromatic heterocycles. The van der Waals surface area contributed by atoms with Crippen molar-refractivity contribution in [3.8, 4) is 0 Å². The number of aryl methyl sites for hydroxylation is 1. The molecule has 0 saturated heterocycles. The fourth-order valence-electron chi connectivity index (χ4n) is 4.58. The van der Waals surface area contributed by atoms with Crippen molar-refractivity contribution in [3.05, 3.63) is 98.2 Å². The van der Waals surface area contributed by atoms with Gasteiger partial charge in [-0.05, 0) is 82.5 Å². The van der Waals surface area contributed by atoms with Crippen LogP contribution in [0.15, 0.2) is 60.7 Å². The van der Waals surface area contributed by atoms with Crippen LogP contribution in [-0.4, -0.2) is 31.6 Å². The van der Waals surface area contributed by atoms with Gasteiger partial charge in [0.25, 0.3) is 0 Å². The number of carboxylic acids is 1. The second-order valence-corrected chi connectivity index (χ2v) is 10.9. The van der Waals surface area contributed by atoms with E-state index in [2.05, 4.69) is 63.3 Å². The predicted octanol–water partition coefficient (Wildman–Crippen LogP) is 7.42. The van der Waals surface area contributed by atoms with Gasteiger partial charge in [0.2, 0.25) is 0 Å². The highest BCUT2D eigenvalue weighted by Crippen LogP contribution is 2.43. The molecule has 0 saturated carbocycles. The number of allylic oxidation sites excluding steroid dienone is 1. The zero-order valence-electron chi connectivity index (χ0n) is 20.9. The smallest absolute Gasteiger partial charge is 0.335 e. The highest BCUT2D eigenvalue weighted by atomic mass is 32.1. The topological polar surface area (TPSA) is 55.8 Å². The summed E-state index contributed by atoms with van der Waals surface area (Å²) in [7, 11) is 3.25. The molecule has 1 aliphatic carbocycles. The van der Waals surface area contributed by atoms with E-state index in [4.69, 9.17) is 9.47 Å². The van der Waals surface area contributed by atoms with Crippen molar-refractivity contribution in [2.24, 2.45) is 0 Å². The molecule has 182 valence electrons. The first kappa shape index (κ1) is 25.1. The summed E-state index contributed by atoms with van der Waals surface area (Å²) >= 11 is 1.83. The van der Waals surface area contributed by atoms with E-state index in [-0.39, 0.29) is 11.0 Å². The van der Waals surface area contributed by atoms with Crippen LogP contribution >= 0.6 is 11.3 Å². The monoisotopic (exact) mass is 488 g/mol. The second-order valence-electron chi connectivity index (χ2n) is 9.58. The minimum Gasteiger partial charge on any atom is -0.478 e. The molecule has 3 aromatic rings. The Morgan fingerprint density at radius 2 is 1.74 bits per heavy atom. The van der Waals surface area contributed by atoms with E-state index in [9.17, 15) is 9.90 Å². The average Bonchev–Trinajstić information content (AvgIpc) is 3.27. The fraction of sp³-hybridized carbons (Fsp3) is 0.300. The van der Waals surface area contributed by atoms with Crippen molar-refractivity contribution in [2.45, 2.75) is 45.3 Å². The van der Waals surface area contributed by atoms with Gasteiger partial charge in [-0.3, -0.25) is 0 Å². The fourth-order valence-corrected chi connectivity index (χ4v) is 5.51. The third kappa shape index (κ3) is 5.48. The van der Waals surface area contributed by atoms with Gasteiger partial charge in [-0.1, -0.05) is 50.3 Å². The minimum atomic E-state index is -0.936. The molecule has 1 heterocycles. The Morgan fingerprint density at radius 1 is 1.06 bits per heavy atom. The van der Waals surface area contributed by atoms with Crippen LogP contribution in [0.4, 0.5) is 0 Å². The Labute approximate surface area is 211 Å². The number of fused-ring (bicyclic) bond motifs is 1. The van der Waals surface area contributed by atoms with Gasteiger partial charge >= 0.3 is 5.97 Å². The average molecular weight is 489 g/mol. The second kappa shape index (κ2) is 10.3. The number of methoxy groups -OCH3 is 2. The van der Waals surface area contributed by atoms with Crippen molar-refractivity contribution in [2.75, 3.05) is 14.2 Å². The number of ether oxygens (including phenoxy) is 2. The Balaban J connectivity index is 1.80. The number of rotatable bonds is 8. The van der Waals surface area contributed by atoms with Crippen LogP contribution < -0.4 is 0 Å². The van der Waals surface area contributed by atoms with Gasteiger partial charge in [0.05, 0.1) is 5.56 Å². The first-order valence-corrected chi connectivity index (χ1v) is 12.6. The van der Waals surface area contributed by atoms with Crippen molar-refractivity contribution in [3.63, 3.8) is 0 Å². The van der Waals surface area contributed by atoms with Crippen molar-refractivity contribution >= 4 is 34.5 Å². The highest BCUT2D eigenvalue weighted by molar-refractivity contribution is 7.13. The van der Waals surface area contributed by atoms with E-state index in [1.807, 2.05) is 23.5 Å². The van der Waals surface area contributed by atoms with Crippen LogP contribution in [0.5, 0.6) is 0 Å². The lowest BCUT2D eigenvalue weighted by atomic mass is 9.72. The Hall–Kier alpha value is -2.99. The van der Waals surface area contributed by atoms with Crippen LogP contribution in [0.25, 0.3) is 17.2 Å². The highest BCUT2D eigenvalue weighted by Gasteiger charge is 2.29. The van der Waals surface area contributed by atoms with Gasteiger partial charge in [-0.2, -0.15) is 0 Å². The molecule has 0 fully saturated rings. The third-order valence-corrected chi connectivity index (χ3v) is 7.68. The van der Waals surface area contributed by atoms with Crippen LogP contribution in [0.1, 0.15) is 69.1 Å². The van der Waals surface area contributed by atoms with Crippen LogP contribution in [0.2, 0.25) is 0 Å². The first-order valence-electron chi connectivity index (χ1n) is 11.7. The molecule has 1 N–H and O–H groups in total. The summed E-state index contributed by atoms with van der Waals surface area (Å²) in [5, 5.41) is 9.29. The van der Waals surface area contributed by atoms with Gasteiger partial charge < -0.3 is 14.6 Å². The molecular weight excluding hydrogens is 456 g/mol. The molecular formula is C30H32O4S. The Kier molecular flexibility index (Phi) is 7.41. The normalized spacial score (nSPS) is 15.1. The zero-order chi connectivity index (χ0) is 25.2. The zero-order valence-corrected chi connectivity index (χ0v) is 21.7. The summed E-state index contributed by atoms with van der Waals surface area (Å²) < 4.78 is 11.0. The molecule has 0 unspecified atom stereocenters. The maximum absolute atomic E-state index is 11.3. The number of carboxylic acid groups (broad SMARTS) is 1. The van der Waals surface area contributed by atoms with Crippen LogP contribution in [-0.2, 0) is 14.9 Å². The number of aromatic carboxylic acids is 1. The lowest BCUT2D eigenvalue weighted by Gasteiger charge is -2.32. The lowest BCUT2D eigenvalue weighted by molar-refractivity contribution is -0.0970. The lowest BCUT2D eigenvalue weighted by Crippen LogP contribution is -2.21. The molecule has 2 aromatic carbocycles. The van der Waals surface area contributed by atoms with Gasteiger partial charge in [0.15, 0.2) is 6.29 Å². The van der Waals surface area contributed by atoms with E-state index in [0.717, 1.165) is 23.1 Å². The molecule has 4 rings (SSSR count). The molecule has 0 radical (unpaired) electrons. The Bertz CT molecular complexity index is 1270. The molecule has 0 amide bonds. The summed E-state index contributed by atoms with van der Waals surface area (Å²) in [5.74, 6) is -0.936. The SMILES string of the molecule is COC(C/C(=C\c1ccc2c(c1)C(c1ccc(C)s1)=CCC2(C)C)c1ccc(C(=O)O)cc1)OC. The van der Waals surface area contributed by atoms with Crippen molar-refractivity contribution in [1.82, 2.24) is 0 Å². The number of hydrogen-bond acceptors (Lipinski definition) is 4. The quantitative estimate of drug-likeness (QED) is 0.265. The molecule has 0 atom stereocenters. The molecule has 1 aliphatic rings. The molecule has 0 aliphatic heterocycles. The standard InChI is InChI=1S/C30H32O4S/c1-19-6-13-27(35-19)24-14-15-30(2,3)26-12-7-20(17-25(24)26)16-23(18-28(33-4)34-5)21-8-10-22(11-9-21)29(31)32/h6-14,16-17,28H,15,18H2,1-5H3,(H,31,32)/b23-16+. The van der Waals surface area contributed by atoms with Gasteiger partial charge in [-0.15, -0.1) is 11.3 Å². The van der Waals surface area contributed by atoms with Gasteiger partial charge in [-0.25, -0.2) is 4.79 Å². The molecule has 0 bridgehead atoms. The summed E-state index contributed by atoms with van der Waals surface area (Å²) in [5.41, 5.74) is 7.31. The van der Waals surface area contributed by atoms with E-state index >= 15 is 0 Å². The maximum Gasteiger partial charge on any atom is 0.335 e. The molecule has 35 heavy (non-hydrogen) atoms. The van der Waals surface area contributed by atoms with Crippen LogP contribution in [0.3, 0.4) is 0 Å². The van der Waals surface area contributed by atoms with Gasteiger partial charge in [0.1, 0.15) is 0 Å². The molecule has 4 nitrogen and oxygen atoms in total. The molecule has 5 heteroatoms. The summed E-state index contributed by atoms with van der Waals surface area (Å²) in [6.07, 6.45) is 5.67. The molecule has 0 spiro atoms. The van der Waals surface area contributed by atoms with Crippen LogP contribution in [0, 0.1) is 6.92 Å². The number of thiophene rings is 1. The summed E-state index contributed by atoms with van der Waals surface area (Å²) in [6.45, 7) is 6.74. The van der Waals surface area contributed by atoms with E-state index < -0.39 is 12.3 Å². The maximum atomic E-state index is 11.3. The number of benzene rings is 2. The van der Waals surface area contributed by atoms with E-state index in [1.54, 1.807) is 26.4 Å². The van der Waals surface area contributed by atoms with E-state index in [1.165, 1.54) is 26.5 Å². The van der Waals surface area contributed by atoms with Gasteiger partial charge in [0, 0.05) is 30.4 Å². The summed E-state index contributed by atoms with van der Waals surface area (Å²) in [4.78, 5) is 13.9. The number of carbonyl (C=O) groups is 1. The minimum absolute atomic E-state index is 0.0695.